The van der Waals surface area contributed by atoms with Crippen LogP contribution in [0.1, 0.15) is 25.7 Å². The molecule has 2 fully saturated rings. The zero-order valence-corrected chi connectivity index (χ0v) is 10.3. The van der Waals surface area contributed by atoms with Crippen molar-refractivity contribution in [3.63, 3.8) is 0 Å². The van der Waals surface area contributed by atoms with Gasteiger partial charge in [0.05, 0.1) is 12.2 Å². The Morgan fingerprint density at radius 1 is 0.941 bits per heavy atom. The van der Waals surface area contributed by atoms with Crippen LogP contribution in [0.15, 0.2) is 25.3 Å². The van der Waals surface area contributed by atoms with Crippen molar-refractivity contribution in [3.8, 4) is 0 Å². The molecule has 0 aromatic carbocycles. The predicted octanol–water partition coefficient (Wildman–Crippen LogP) is 2.47. The molecule has 3 heteroatoms. The van der Waals surface area contributed by atoms with Gasteiger partial charge in [-0.25, -0.2) is 0 Å². The van der Waals surface area contributed by atoms with Crippen LogP contribution in [0.5, 0.6) is 0 Å². The predicted molar refractivity (Wildman–Crippen MR) is 67.0 cm³/mol. The lowest BCUT2D eigenvalue weighted by molar-refractivity contribution is -0.0868. The molecule has 2 saturated heterocycles. The van der Waals surface area contributed by atoms with E-state index >= 15 is 0 Å². The van der Waals surface area contributed by atoms with Gasteiger partial charge in [0.25, 0.3) is 0 Å². The topological polar surface area (TPSA) is 27.7 Å². The molecule has 2 rings (SSSR count). The third-order valence-electron chi connectivity index (χ3n) is 3.44. The van der Waals surface area contributed by atoms with Crippen LogP contribution in [0.2, 0.25) is 0 Å². The van der Waals surface area contributed by atoms with Gasteiger partial charge in [0.15, 0.2) is 0 Å². The van der Waals surface area contributed by atoms with Gasteiger partial charge in [-0.15, -0.1) is 13.2 Å². The number of hydrogen-bond donors (Lipinski definition) is 0. The van der Waals surface area contributed by atoms with Gasteiger partial charge in [-0.3, -0.25) is 0 Å². The first kappa shape index (κ1) is 12.8. The van der Waals surface area contributed by atoms with E-state index < -0.39 is 0 Å². The molecule has 0 saturated carbocycles. The minimum atomic E-state index is -0.0512. The second kappa shape index (κ2) is 6.34. The van der Waals surface area contributed by atoms with Gasteiger partial charge < -0.3 is 14.2 Å². The summed E-state index contributed by atoms with van der Waals surface area (Å²) >= 11 is 0. The van der Waals surface area contributed by atoms with E-state index in [4.69, 9.17) is 14.2 Å². The van der Waals surface area contributed by atoms with E-state index in [9.17, 15) is 0 Å². The fraction of sp³-hybridized carbons (Fsp3) is 0.714. The number of rotatable bonds is 6. The summed E-state index contributed by atoms with van der Waals surface area (Å²) in [6.45, 7) is 9.34. The van der Waals surface area contributed by atoms with E-state index in [-0.39, 0.29) is 24.4 Å². The van der Waals surface area contributed by atoms with E-state index in [1.54, 1.807) is 0 Å². The minimum absolute atomic E-state index is 0.0512. The average Bonchev–Trinajstić information content (AvgIpc) is 3.03. The van der Waals surface area contributed by atoms with Gasteiger partial charge in [0.1, 0.15) is 12.2 Å². The second-order valence-corrected chi connectivity index (χ2v) is 4.64. The fourth-order valence-corrected chi connectivity index (χ4v) is 2.49. The first-order valence-corrected chi connectivity index (χ1v) is 6.49. The average molecular weight is 238 g/mol. The van der Waals surface area contributed by atoms with Crippen molar-refractivity contribution in [2.45, 2.75) is 50.1 Å². The Morgan fingerprint density at radius 3 is 1.71 bits per heavy atom. The van der Waals surface area contributed by atoms with Crippen LogP contribution >= 0.6 is 0 Å². The van der Waals surface area contributed by atoms with Gasteiger partial charge in [-0.1, -0.05) is 12.2 Å². The van der Waals surface area contributed by atoms with Crippen LogP contribution in [0.4, 0.5) is 0 Å². The Bertz CT molecular complexity index is 226. The highest BCUT2D eigenvalue weighted by Gasteiger charge is 2.30. The molecular weight excluding hydrogens is 216 g/mol. The van der Waals surface area contributed by atoms with Crippen molar-refractivity contribution in [2.24, 2.45) is 0 Å². The van der Waals surface area contributed by atoms with Gasteiger partial charge in [0.2, 0.25) is 0 Å². The summed E-state index contributed by atoms with van der Waals surface area (Å²) in [6.07, 6.45) is 8.18. The molecule has 0 bridgehead atoms. The normalized spacial score (nSPS) is 32.2. The van der Waals surface area contributed by atoms with Crippen LogP contribution in [0.3, 0.4) is 0 Å². The third kappa shape index (κ3) is 3.18. The van der Waals surface area contributed by atoms with Gasteiger partial charge >= 0.3 is 0 Å². The van der Waals surface area contributed by atoms with E-state index in [2.05, 4.69) is 13.2 Å². The van der Waals surface area contributed by atoms with Crippen molar-refractivity contribution in [1.29, 1.82) is 0 Å². The highest BCUT2D eigenvalue weighted by Crippen LogP contribution is 2.24. The molecule has 2 aliphatic heterocycles. The lowest BCUT2D eigenvalue weighted by Crippen LogP contribution is -2.35. The summed E-state index contributed by atoms with van der Waals surface area (Å²) in [5.41, 5.74) is 0. The molecule has 96 valence electrons. The standard InChI is InChI=1S/C14H22O3/c1-3-11(13-7-5-9-15-13)17-12(4-2)14-8-6-10-16-14/h3-4,11-14H,1-2,5-10H2. The zero-order valence-electron chi connectivity index (χ0n) is 10.3. The van der Waals surface area contributed by atoms with E-state index in [1.165, 1.54) is 0 Å². The van der Waals surface area contributed by atoms with E-state index in [0.29, 0.717) is 0 Å². The summed E-state index contributed by atoms with van der Waals surface area (Å²) < 4.78 is 17.3. The van der Waals surface area contributed by atoms with E-state index in [0.717, 1.165) is 38.9 Å². The smallest absolute Gasteiger partial charge is 0.102 e. The Hall–Kier alpha value is -0.640. The number of ether oxygens (including phenoxy) is 3. The lowest BCUT2D eigenvalue weighted by Gasteiger charge is -2.27. The van der Waals surface area contributed by atoms with Crippen molar-refractivity contribution in [3.05, 3.63) is 25.3 Å². The Kier molecular flexibility index (Phi) is 4.77. The first-order valence-electron chi connectivity index (χ1n) is 6.49. The van der Waals surface area contributed by atoms with Crippen molar-refractivity contribution < 1.29 is 14.2 Å². The quantitative estimate of drug-likeness (QED) is 0.665. The van der Waals surface area contributed by atoms with Crippen LogP contribution in [0, 0.1) is 0 Å². The van der Waals surface area contributed by atoms with Crippen LogP contribution in [-0.4, -0.2) is 37.6 Å². The van der Waals surface area contributed by atoms with Crippen LogP contribution in [-0.2, 0) is 14.2 Å². The maximum Gasteiger partial charge on any atom is 0.102 e. The maximum absolute atomic E-state index is 6.03. The second-order valence-electron chi connectivity index (χ2n) is 4.64. The fourth-order valence-electron chi connectivity index (χ4n) is 2.49. The van der Waals surface area contributed by atoms with Gasteiger partial charge in [-0.2, -0.15) is 0 Å². The molecule has 0 N–H and O–H groups in total. The molecule has 3 nitrogen and oxygen atoms in total. The Balaban J connectivity index is 1.90. The number of hydrogen-bond acceptors (Lipinski definition) is 3. The van der Waals surface area contributed by atoms with Gasteiger partial charge in [0, 0.05) is 13.2 Å². The molecule has 0 radical (unpaired) electrons. The highest BCUT2D eigenvalue weighted by molar-refractivity contribution is 4.95. The molecule has 2 aliphatic rings. The molecule has 4 unspecified atom stereocenters. The van der Waals surface area contributed by atoms with Crippen molar-refractivity contribution in [1.82, 2.24) is 0 Å². The molecule has 2 heterocycles. The SMILES string of the molecule is C=CC(OC(C=C)C1CCCO1)C1CCCO1. The zero-order chi connectivity index (χ0) is 12.1. The maximum atomic E-state index is 6.03. The highest BCUT2D eigenvalue weighted by atomic mass is 16.6. The molecule has 4 atom stereocenters. The Labute approximate surface area is 103 Å². The minimum Gasteiger partial charge on any atom is -0.375 e. The van der Waals surface area contributed by atoms with Crippen molar-refractivity contribution >= 4 is 0 Å². The molecule has 0 aliphatic carbocycles. The summed E-state index contributed by atoms with van der Waals surface area (Å²) in [5.74, 6) is 0. The molecular formula is C14H22O3. The molecule has 17 heavy (non-hydrogen) atoms. The molecule has 0 amide bonds. The van der Waals surface area contributed by atoms with Crippen LogP contribution < -0.4 is 0 Å². The first-order chi connectivity index (χ1) is 8.35. The molecule has 0 spiro atoms. The lowest BCUT2D eigenvalue weighted by atomic mass is 10.1. The molecule has 0 aromatic rings. The molecule has 0 aromatic heterocycles. The summed E-state index contributed by atoms with van der Waals surface area (Å²) in [7, 11) is 0. The Morgan fingerprint density at radius 2 is 1.41 bits per heavy atom. The third-order valence-corrected chi connectivity index (χ3v) is 3.44. The summed E-state index contributed by atoms with van der Waals surface area (Å²) in [5, 5.41) is 0. The van der Waals surface area contributed by atoms with E-state index in [1.807, 2.05) is 12.2 Å². The van der Waals surface area contributed by atoms with Crippen molar-refractivity contribution in [2.75, 3.05) is 13.2 Å². The van der Waals surface area contributed by atoms with Gasteiger partial charge in [-0.05, 0) is 25.7 Å². The van der Waals surface area contributed by atoms with Crippen LogP contribution in [0.25, 0.3) is 0 Å². The monoisotopic (exact) mass is 238 g/mol. The summed E-state index contributed by atoms with van der Waals surface area (Å²) in [4.78, 5) is 0. The largest absolute Gasteiger partial charge is 0.375 e. The summed E-state index contributed by atoms with van der Waals surface area (Å²) in [6, 6.07) is 0.